The van der Waals surface area contributed by atoms with Gasteiger partial charge in [-0.3, -0.25) is 4.79 Å². The van der Waals surface area contributed by atoms with Crippen LogP contribution in [0.3, 0.4) is 0 Å². The van der Waals surface area contributed by atoms with E-state index in [1.165, 1.54) is 38.2 Å². The standard InChI is InChI=1S/C15H22O2/c1-9(16)17-14-11-7-5-4-6-10(11)8-12-13(14)15(12,2)3/h10,12-13H,4-8H2,1-3H3/t10-,12+,13+/m1/s1. The third-order valence-electron chi connectivity index (χ3n) is 5.18. The molecule has 0 N–H and O–H groups in total. The van der Waals surface area contributed by atoms with Gasteiger partial charge in [-0.25, -0.2) is 0 Å². The van der Waals surface area contributed by atoms with Crippen LogP contribution in [0.15, 0.2) is 11.3 Å². The van der Waals surface area contributed by atoms with Gasteiger partial charge in [0.05, 0.1) is 0 Å². The molecule has 0 aliphatic heterocycles. The van der Waals surface area contributed by atoms with Crippen LogP contribution in [-0.4, -0.2) is 5.97 Å². The van der Waals surface area contributed by atoms with E-state index in [9.17, 15) is 4.79 Å². The third kappa shape index (κ3) is 1.64. The monoisotopic (exact) mass is 234 g/mol. The molecule has 0 amide bonds. The molecule has 2 fully saturated rings. The van der Waals surface area contributed by atoms with Gasteiger partial charge < -0.3 is 4.74 Å². The van der Waals surface area contributed by atoms with Crippen LogP contribution in [0, 0.1) is 23.2 Å². The van der Waals surface area contributed by atoms with Gasteiger partial charge in [-0.15, -0.1) is 0 Å². The van der Waals surface area contributed by atoms with Crippen LogP contribution in [-0.2, 0) is 9.53 Å². The zero-order valence-corrected chi connectivity index (χ0v) is 11.1. The highest BCUT2D eigenvalue weighted by molar-refractivity contribution is 5.68. The van der Waals surface area contributed by atoms with Gasteiger partial charge in [0.1, 0.15) is 5.76 Å². The molecule has 2 heteroatoms. The molecule has 0 bridgehead atoms. The Morgan fingerprint density at radius 2 is 2.12 bits per heavy atom. The fourth-order valence-electron chi connectivity index (χ4n) is 4.16. The Labute approximate surface area is 103 Å². The molecular weight excluding hydrogens is 212 g/mol. The van der Waals surface area contributed by atoms with Crippen molar-refractivity contribution >= 4 is 5.97 Å². The SMILES string of the molecule is CC(=O)OC1=C2CCCC[C@@H]2C[C@H]2[C@@H]1C2(C)C. The average Bonchev–Trinajstić information content (AvgIpc) is 2.80. The Bertz CT molecular complexity index is 392. The van der Waals surface area contributed by atoms with E-state index >= 15 is 0 Å². The maximum Gasteiger partial charge on any atom is 0.307 e. The van der Waals surface area contributed by atoms with Gasteiger partial charge >= 0.3 is 5.97 Å². The molecule has 0 aromatic carbocycles. The van der Waals surface area contributed by atoms with Crippen LogP contribution in [0.4, 0.5) is 0 Å². The minimum absolute atomic E-state index is 0.139. The molecule has 2 nitrogen and oxygen atoms in total. The summed E-state index contributed by atoms with van der Waals surface area (Å²) in [6.45, 7) is 6.18. The summed E-state index contributed by atoms with van der Waals surface area (Å²) in [5.41, 5.74) is 1.84. The lowest BCUT2D eigenvalue weighted by Gasteiger charge is -2.31. The van der Waals surface area contributed by atoms with Crippen LogP contribution in [0.2, 0.25) is 0 Å². The maximum atomic E-state index is 11.3. The summed E-state index contributed by atoms with van der Waals surface area (Å²) in [4.78, 5) is 11.3. The molecule has 3 atom stereocenters. The van der Waals surface area contributed by atoms with Gasteiger partial charge in [0, 0.05) is 12.8 Å². The second-order valence-electron chi connectivity index (χ2n) is 6.57. The molecule has 3 aliphatic carbocycles. The van der Waals surface area contributed by atoms with Gasteiger partial charge in [0.15, 0.2) is 0 Å². The molecule has 0 spiro atoms. The van der Waals surface area contributed by atoms with Crippen LogP contribution >= 0.6 is 0 Å². The zero-order chi connectivity index (χ0) is 12.2. The third-order valence-corrected chi connectivity index (χ3v) is 5.18. The largest absolute Gasteiger partial charge is 0.431 e. The lowest BCUT2D eigenvalue weighted by Crippen LogP contribution is -2.20. The molecule has 0 aromatic rings. The first-order valence-corrected chi connectivity index (χ1v) is 6.93. The van der Waals surface area contributed by atoms with Crippen LogP contribution in [0.1, 0.15) is 52.9 Å². The highest BCUT2D eigenvalue weighted by Crippen LogP contribution is 2.68. The first-order valence-electron chi connectivity index (χ1n) is 6.93. The minimum atomic E-state index is -0.139. The van der Waals surface area contributed by atoms with E-state index in [1.54, 1.807) is 0 Å². The van der Waals surface area contributed by atoms with Gasteiger partial charge in [0.2, 0.25) is 0 Å². The molecule has 2 saturated carbocycles. The Hall–Kier alpha value is -0.790. The first kappa shape index (κ1) is 11.3. The van der Waals surface area contributed by atoms with E-state index < -0.39 is 0 Å². The summed E-state index contributed by atoms with van der Waals surface area (Å²) in [5, 5.41) is 0. The van der Waals surface area contributed by atoms with Crippen molar-refractivity contribution in [1.82, 2.24) is 0 Å². The van der Waals surface area contributed by atoms with Crippen molar-refractivity contribution < 1.29 is 9.53 Å². The number of allylic oxidation sites excluding steroid dienone is 2. The predicted molar refractivity (Wildman–Crippen MR) is 66.1 cm³/mol. The molecule has 94 valence electrons. The Balaban J connectivity index is 1.96. The normalized spacial score (nSPS) is 38.2. The van der Waals surface area contributed by atoms with Gasteiger partial charge in [-0.05, 0) is 48.5 Å². The smallest absolute Gasteiger partial charge is 0.307 e. The fourth-order valence-corrected chi connectivity index (χ4v) is 4.16. The molecule has 17 heavy (non-hydrogen) atoms. The molecule has 0 aromatic heterocycles. The minimum Gasteiger partial charge on any atom is -0.431 e. The lowest BCUT2D eigenvalue weighted by molar-refractivity contribution is -0.137. The molecule has 0 saturated heterocycles. The van der Waals surface area contributed by atoms with Crippen LogP contribution in [0.25, 0.3) is 0 Å². The topological polar surface area (TPSA) is 26.3 Å². The Morgan fingerprint density at radius 1 is 1.35 bits per heavy atom. The summed E-state index contributed by atoms with van der Waals surface area (Å²) < 4.78 is 5.59. The Morgan fingerprint density at radius 3 is 2.82 bits per heavy atom. The van der Waals surface area contributed by atoms with Gasteiger partial charge in [-0.2, -0.15) is 0 Å². The van der Waals surface area contributed by atoms with E-state index in [0.717, 1.165) is 18.1 Å². The van der Waals surface area contributed by atoms with E-state index in [-0.39, 0.29) is 5.97 Å². The maximum absolute atomic E-state index is 11.3. The van der Waals surface area contributed by atoms with Gasteiger partial charge in [-0.1, -0.05) is 20.3 Å². The lowest BCUT2D eigenvalue weighted by atomic mass is 9.77. The van der Waals surface area contributed by atoms with Crippen molar-refractivity contribution in [2.45, 2.75) is 52.9 Å². The summed E-state index contributed by atoms with van der Waals surface area (Å²) in [6, 6.07) is 0. The second-order valence-corrected chi connectivity index (χ2v) is 6.57. The van der Waals surface area contributed by atoms with Crippen LogP contribution in [0.5, 0.6) is 0 Å². The van der Waals surface area contributed by atoms with Crippen molar-refractivity contribution in [3.05, 3.63) is 11.3 Å². The molecule has 0 radical (unpaired) electrons. The van der Waals surface area contributed by atoms with E-state index in [0.29, 0.717) is 17.3 Å². The highest BCUT2D eigenvalue weighted by atomic mass is 16.5. The summed E-state index contributed by atoms with van der Waals surface area (Å²) in [5.74, 6) is 2.92. The predicted octanol–water partition coefficient (Wildman–Crippen LogP) is 3.67. The number of ether oxygens (including phenoxy) is 1. The number of rotatable bonds is 1. The highest BCUT2D eigenvalue weighted by Gasteiger charge is 2.63. The summed E-state index contributed by atoms with van der Waals surface area (Å²) in [7, 11) is 0. The summed E-state index contributed by atoms with van der Waals surface area (Å²) in [6.07, 6.45) is 6.41. The van der Waals surface area contributed by atoms with Crippen LogP contribution < -0.4 is 0 Å². The second kappa shape index (κ2) is 3.60. The summed E-state index contributed by atoms with van der Waals surface area (Å²) >= 11 is 0. The van der Waals surface area contributed by atoms with Crippen molar-refractivity contribution in [3.8, 4) is 0 Å². The molecule has 3 rings (SSSR count). The molecule has 0 unspecified atom stereocenters. The quantitative estimate of drug-likeness (QED) is 0.647. The first-order chi connectivity index (χ1) is 8.01. The number of carbonyl (C=O) groups excluding carboxylic acids is 1. The number of esters is 1. The van der Waals surface area contributed by atoms with Crippen molar-refractivity contribution in [2.24, 2.45) is 23.2 Å². The van der Waals surface area contributed by atoms with E-state index in [1.807, 2.05) is 0 Å². The zero-order valence-electron chi connectivity index (χ0n) is 11.1. The number of fused-ring (bicyclic) bond motifs is 2. The molecule has 0 heterocycles. The number of hydrogen-bond acceptors (Lipinski definition) is 2. The van der Waals surface area contributed by atoms with Crippen molar-refractivity contribution in [1.29, 1.82) is 0 Å². The van der Waals surface area contributed by atoms with E-state index in [2.05, 4.69) is 13.8 Å². The fraction of sp³-hybridized carbons (Fsp3) is 0.800. The Kier molecular flexibility index (Phi) is 2.39. The molecular formula is C15H22O2. The van der Waals surface area contributed by atoms with Crippen molar-refractivity contribution in [2.75, 3.05) is 0 Å². The molecule has 3 aliphatic rings. The van der Waals surface area contributed by atoms with Crippen molar-refractivity contribution in [3.63, 3.8) is 0 Å². The van der Waals surface area contributed by atoms with E-state index in [4.69, 9.17) is 4.74 Å². The number of hydrogen-bond donors (Lipinski definition) is 0. The number of carbonyl (C=O) groups is 1. The average molecular weight is 234 g/mol. The van der Waals surface area contributed by atoms with Gasteiger partial charge in [0.25, 0.3) is 0 Å².